The number of thiophene rings is 1. The van der Waals surface area contributed by atoms with Crippen molar-refractivity contribution in [3.05, 3.63) is 19.8 Å². The minimum atomic E-state index is 0.198. The summed E-state index contributed by atoms with van der Waals surface area (Å²) in [6.07, 6.45) is 0. The summed E-state index contributed by atoms with van der Waals surface area (Å²) < 4.78 is 1.73. The molecule has 0 bridgehead atoms. The van der Waals surface area contributed by atoms with Gasteiger partial charge in [-0.25, -0.2) is 0 Å². The van der Waals surface area contributed by atoms with Gasteiger partial charge in [-0.3, -0.25) is 0 Å². The topological polar surface area (TPSA) is 38.0 Å². The maximum Gasteiger partial charge on any atom is 0.107 e. The minimum absolute atomic E-state index is 0.198. The van der Waals surface area contributed by atoms with E-state index in [1.807, 2.05) is 6.07 Å². The zero-order valence-electron chi connectivity index (χ0n) is 8.18. The Labute approximate surface area is 102 Å². The van der Waals surface area contributed by atoms with Crippen molar-refractivity contribution in [3.8, 4) is 0 Å². The third-order valence-electron chi connectivity index (χ3n) is 1.78. The summed E-state index contributed by atoms with van der Waals surface area (Å²) >= 11 is 10.9. The van der Waals surface area contributed by atoms with Gasteiger partial charge in [0, 0.05) is 21.9 Å². The van der Waals surface area contributed by atoms with Gasteiger partial charge in [0.25, 0.3) is 0 Å². The maximum atomic E-state index is 5.97. The van der Waals surface area contributed by atoms with Gasteiger partial charge in [0.1, 0.15) is 4.34 Å². The highest BCUT2D eigenvalue weighted by molar-refractivity contribution is 9.10. The van der Waals surface area contributed by atoms with Gasteiger partial charge >= 0.3 is 0 Å². The molecule has 0 aromatic carbocycles. The summed E-state index contributed by atoms with van der Waals surface area (Å²) in [5, 5.41) is 3.39. The maximum absolute atomic E-state index is 5.97. The van der Waals surface area contributed by atoms with Gasteiger partial charge < -0.3 is 11.1 Å². The number of hydrogen-bond donors (Lipinski definition) is 2. The molecule has 80 valence electrons. The Kier molecular flexibility index (Phi) is 4.87. The van der Waals surface area contributed by atoms with E-state index in [2.05, 4.69) is 35.1 Å². The lowest BCUT2D eigenvalue weighted by molar-refractivity contribution is 0.489. The first kappa shape index (κ1) is 12.5. The van der Waals surface area contributed by atoms with Gasteiger partial charge in [0.05, 0.1) is 6.04 Å². The van der Waals surface area contributed by atoms with Gasteiger partial charge in [-0.05, 0) is 22.0 Å². The summed E-state index contributed by atoms with van der Waals surface area (Å²) in [5.74, 6) is 0. The summed E-state index contributed by atoms with van der Waals surface area (Å²) in [7, 11) is 0. The Hall–Kier alpha value is 0.390. The van der Waals surface area contributed by atoms with E-state index < -0.39 is 0 Å². The fourth-order valence-corrected chi connectivity index (χ4v) is 3.01. The van der Waals surface area contributed by atoms with E-state index in [0.717, 1.165) is 8.81 Å². The molecule has 1 atom stereocenters. The average molecular weight is 298 g/mol. The van der Waals surface area contributed by atoms with Crippen molar-refractivity contribution < 1.29 is 0 Å². The Morgan fingerprint density at radius 1 is 1.64 bits per heavy atom. The molecule has 1 heterocycles. The summed E-state index contributed by atoms with van der Waals surface area (Å²) in [5.41, 5.74) is 5.70. The Morgan fingerprint density at radius 3 is 2.64 bits per heavy atom. The van der Waals surface area contributed by atoms with Gasteiger partial charge in [-0.15, -0.1) is 11.3 Å². The van der Waals surface area contributed by atoms with Crippen LogP contribution in [0.5, 0.6) is 0 Å². The van der Waals surface area contributed by atoms with Crippen molar-refractivity contribution in [1.29, 1.82) is 0 Å². The molecular formula is C9H14BrClN2S. The Morgan fingerprint density at radius 2 is 2.29 bits per heavy atom. The second-order valence-corrected chi connectivity index (χ2v) is 5.92. The normalized spacial score (nSPS) is 13.6. The number of rotatable bonds is 4. The first-order valence-corrected chi connectivity index (χ1v) is 6.44. The van der Waals surface area contributed by atoms with E-state index in [4.69, 9.17) is 17.3 Å². The molecule has 2 nitrogen and oxygen atoms in total. The molecule has 0 radical (unpaired) electrons. The highest BCUT2D eigenvalue weighted by Crippen LogP contribution is 2.34. The van der Waals surface area contributed by atoms with Crippen molar-refractivity contribution >= 4 is 38.9 Å². The lowest BCUT2D eigenvalue weighted by atomic mass is 10.2. The minimum Gasteiger partial charge on any atom is -0.329 e. The second kappa shape index (κ2) is 5.47. The smallest absolute Gasteiger partial charge is 0.107 e. The van der Waals surface area contributed by atoms with Crippen LogP contribution < -0.4 is 11.1 Å². The standard InChI is InChI=1S/C9H14BrClN2S/c1-5(2)13-7(4-12)8-3-6(10)9(11)14-8/h3,5,7,13H,4,12H2,1-2H3. The number of nitrogens with one attached hydrogen (secondary N) is 1. The van der Waals surface area contributed by atoms with Crippen LogP contribution in [0, 0.1) is 0 Å². The fraction of sp³-hybridized carbons (Fsp3) is 0.556. The van der Waals surface area contributed by atoms with Crippen molar-refractivity contribution in [2.75, 3.05) is 6.54 Å². The molecule has 0 amide bonds. The largest absolute Gasteiger partial charge is 0.329 e. The van der Waals surface area contributed by atoms with Crippen molar-refractivity contribution in [3.63, 3.8) is 0 Å². The number of halogens is 2. The zero-order valence-corrected chi connectivity index (χ0v) is 11.3. The van der Waals surface area contributed by atoms with Crippen molar-refractivity contribution in [2.24, 2.45) is 5.73 Å². The van der Waals surface area contributed by atoms with Gasteiger partial charge in [0.15, 0.2) is 0 Å². The second-order valence-electron chi connectivity index (χ2n) is 3.38. The van der Waals surface area contributed by atoms with E-state index in [1.54, 1.807) is 11.3 Å². The first-order chi connectivity index (χ1) is 6.54. The summed E-state index contributed by atoms with van der Waals surface area (Å²) in [6.45, 7) is 4.79. The molecule has 0 fully saturated rings. The van der Waals surface area contributed by atoms with Crippen LogP contribution >= 0.6 is 38.9 Å². The van der Waals surface area contributed by atoms with Crippen LogP contribution in [-0.4, -0.2) is 12.6 Å². The monoisotopic (exact) mass is 296 g/mol. The van der Waals surface area contributed by atoms with Crippen LogP contribution in [-0.2, 0) is 0 Å². The van der Waals surface area contributed by atoms with E-state index >= 15 is 0 Å². The summed E-state index contributed by atoms with van der Waals surface area (Å²) in [6, 6.07) is 2.65. The fourth-order valence-electron chi connectivity index (χ4n) is 1.20. The molecule has 0 saturated heterocycles. The van der Waals surface area contributed by atoms with Crippen molar-refractivity contribution in [1.82, 2.24) is 5.32 Å². The van der Waals surface area contributed by atoms with Crippen LogP contribution in [0.1, 0.15) is 24.8 Å². The lowest BCUT2D eigenvalue weighted by Gasteiger charge is -2.17. The lowest BCUT2D eigenvalue weighted by Crippen LogP contribution is -2.32. The quantitative estimate of drug-likeness (QED) is 0.896. The molecule has 0 aliphatic heterocycles. The number of hydrogen-bond acceptors (Lipinski definition) is 3. The molecule has 5 heteroatoms. The van der Waals surface area contributed by atoms with Crippen LogP contribution in [0.2, 0.25) is 4.34 Å². The van der Waals surface area contributed by atoms with Gasteiger partial charge in [0.2, 0.25) is 0 Å². The van der Waals surface area contributed by atoms with Gasteiger partial charge in [-0.1, -0.05) is 25.4 Å². The predicted molar refractivity (Wildman–Crippen MR) is 67.1 cm³/mol. The third-order valence-corrected chi connectivity index (χ3v) is 4.37. The first-order valence-electron chi connectivity index (χ1n) is 4.45. The highest BCUT2D eigenvalue weighted by Gasteiger charge is 2.14. The molecule has 1 aromatic heterocycles. The Bertz CT molecular complexity index is 282. The molecule has 0 aliphatic rings. The molecule has 3 N–H and O–H groups in total. The zero-order chi connectivity index (χ0) is 10.7. The van der Waals surface area contributed by atoms with Crippen molar-refractivity contribution in [2.45, 2.75) is 25.9 Å². The SMILES string of the molecule is CC(C)NC(CN)c1cc(Br)c(Cl)s1. The third kappa shape index (κ3) is 3.21. The average Bonchev–Trinajstić information content (AvgIpc) is 2.42. The highest BCUT2D eigenvalue weighted by atomic mass is 79.9. The number of nitrogens with two attached hydrogens (primary N) is 1. The van der Waals surface area contributed by atoms with E-state index in [9.17, 15) is 0 Å². The molecule has 1 aromatic rings. The van der Waals surface area contributed by atoms with Gasteiger partial charge in [-0.2, -0.15) is 0 Å². The summed E-state index contributed by atoms with van der Waals surface area (Å²) in [4.78, 5) is 1.18. The molecule has 1 rings (SSSR count). The van der Waals surface area contributed by atoms with E-state index in [-0.39, 0.29) is 6.04 Å². The van der Waals surface area contributed by atoms with E-state index in [1.165, 1.54) is 4.88 Å². The van der Waals surface area contributed by atoms with E-state index in [0.29, 0.717) is 12.6 Å². The van der Waals surface area contributed by atoms with Crippen LogP contribution in [0.4, 0.5) is 0 Å². The van der Waals surface area contributed by atoms with Crippen LogP contribution in [0.15, 0.2) is 10.5 Å². The molecule has 14 heavy (non-hydrogen) atoms. The molecular weight excluding hydrogens is 284 g/mol. The molecule has 0 saturated carbocycles. The predicted octanol–water partition coefficient (Wildman–Crippen LogP) is 3.16. The molecule has 0 spiro atoms. The molecule has 1 unspecified atom stereocenters. The van der Waals surface area contributed by atoms with Crippen LogP contribution in [0.3, 0.4) is 0 Å². The Balaban J connectivity index is 2.78. The molecule has 0 aliphatic carbocycles. The van der Waals surface area contributed by atoms with Crippen LogP contribution in [0.25, 0.3) is 0 Å².